The fourth-order valence-corrected chi connectivity index (χ4v) is 2.50. The minimum atomic E-state index is -4.32. The number of thiophene rings is 1. The maximum atomic E-state index is 12.0. The minimum Gasteiger partial charge on any atom is -0.484 e. The van der Waals surface area contributed by atoms with E-state index in [-0.39, 0.29) is 5.75 Å². The van der Waals surface area contributed by atoms with Crippen molar-refractivity contribution in [1.29, 1.82) is 0 Å². The topological polar surface area (TPSA) is 21.3 Å². The lowest BCUT2D eigenvalue weighted by Gasteiger charge is -2.10. The maximum Gasteiger partial charge on any atom is 0.422 e. The Morgan fingerprint density at radius 1 is 1.10 bits per heavy atom. The van der Waals surface area contributed by atoms with Crippen LogP contribution in [0.1, 0.15) is 4.88 Å². The Bertz CT molecular complexity index is 553. The predicted molar refractivity (Wildman–Crippen MR) is 74.6 cm³/mol. The first-order valence-electron chi connectivity index (χ1n) is 5.70. The molecule has 1 heterocycles. The van der Waals surface area contributed by atoms with Gasteiger partial charge in [-0.1, -0.05) is 11.6 Å². The number of alkyl halides is 3. The Kier molecular flexibility index (Phi) is 4.77. The number of benzene rings is 1. The van der Waals surface area contributed by atoms with Crippen molar-refractivity contribution < 1.29 is 17.9 Å². The lowest BCUT2D eigenvalue weighted by molar-refractivity contribution is -0.153. The molecule has 2 aromatic rings. The molecule has 20 heavy (non-hydrogen) atoms. The highest BCUT2D eigenvalue weighted by molar-refractivity contribution is 7.16. The van der Waals surface area contributed by atoms with Crippen LogP contribution in [0.15, 0.2) is 36.4 Å². The second kappa shape index (κ2) is 6.37. The molecule has 0 radical (unpaired) electrons. The fourth-order valence-electron chi connectivity index (χ4n) is 1.47. The van der Waals surface area contributed by atoms with Gasteiger partial charge in [0.15, 0.2) is 6.61 Å². The van der Waals surface area contributed by atoms with E-state index in [9.17, 15) is 13.2 Å². The average molecular weight is 322 g/mol. The van der Waals surface area contributed by atoms with Crippen LogP contribution in [0.5, 0.6) is 5.75 Å². The van der Waals surface area contributed by atoms with Gasteiger partial charge >= 0.3 is 6.18 Å². The van der Waals surface area contributed by atoms with Crippen molar-refractivity contribution in [2.24, 2.45) is 0 Å². The third kappa shape index (κ3) is 4.94. The Labute approximate surface area is 123 Å². The summed E-state index contributed by atoms with van der Waals surface area (Å²) in [4.78, 5) is 1.08. The number of anilines is 1. The van der Waals surface area contributed by atoms with Gasteiger partial charge in [-0.2, -0.15) is 13.2 Å². The summed E-state index contributed by atoms with van der Waals surface area (Å²) >= 11 is 7.29. The van der Waals surface area contributed by atoms with E-state index in [0.29, 0.717) is 6.54 Å². The van der Waals surface area contributed by atoms with Crippen LogP contribution in [0.4, 0.5) is 18.9 Å². The predicted octanol–water partition coefficient (Wildman–Crippen LogP) is 4.95. The van der Waals surface area contributed by atoms with Crippen molar-refractivity contribution in [3.05, 3.63) is 45.6 Å². The van der Waals surface area contributed by atoms with Gasteiger partial charge in [0.05, 0.1) is 4.34 Å². The molecule has 0 aliphatic rings. The van der Waals surface area contributed by atoms with Gasteiger partial charge in [-0.3, -0.25) is 0 Å². The third-order valence-corrected chi connectivity index (χ3v) is 3.58. The summed E-state index contributed by atoms with van der Waals surface area (Å²) < 4.78 is 41.3. The van der Waals surface area contributed by atoms with Crippen molar-refractivity contribution in [3.63, 3.8) is 0 Å². The molecule has 0 aliphatic carbocycles. The average Bonchev–Trinajstić information content (AvgIpc) is 2.80. The Morgan fingerprint density at radius 3 is 2.35 bits per heavy atom. The van der Waals surface area contributed by atoms with E-state index in [2.05, 4.69) is 10.1 Å². The first-order chi connectivity index (χ1) is 9.42. The molecular formula is C13H11ClF3NOS. The van der Waals surface area contributed by atoms with Crippen molar-refractivity contribution >= 4 is 28.6 Å². The molecule has 0 saturated heterocycles. The lowest BCUT2D eigenvalue weighted by atomic mass is 10.3. The molecule has 0 spiro atoms. The number of hydrogen-bond donors (Lipinski definition) is 1. The van der Waals surface area contributed by atoms with E-state index in [4.69, 9.17) is 11.6 Å². The van der Waals surface area contributed by atoms with Crippen LogP contribution in [0.3, 0.4) is 0 Å². The Morgan fingerprint density at radius 2 is 1.80 bits per heavy atom. The third-order valence-electron chi connectivity index (χ3n) is 2.35. The fraction of sp³-hybridized carbons (Fsp3) is 0.231. The molecule has 1 aromatic heterocycles. The van der Waals surface area contributed by atoms with Gasteiger partial charge in [0, 0.05) is 17.1 Å². The Balaban J connectivity index is 1.85. The van der Waals surface area contributed by atoms with Crippen LogP contribution in [0, 0.1) is 0 Å². The molecule has 0 aliphatic heterocycles. The molecule has 1 aromatic carbocycles. The molecule has 108 valence electrons. The van der Waals surface area contributed by atoms with Gasteiger partial charge in [0.2, 0.25) is 0 Å². The minimum absolute atomic E-state index is 0.187. The molecule has 0 saturated carbocycles. The monoisotopic (exact) mass is 321 g/mol. The number of halogens is 4. The van der Waals surface area contributed by atoms with Gasteiger partial charge < -0.3 is 10.1 Å². The van der Waals surface area contributed by atoms with Crippen LogP contribution < -0.4 is 10.1 Å². The van der Waals surface area contributed by atoms with E-state index in [1.54, 1.807) is 12.1 Å². The first kappa shape index (κ1) is 15.0. The maximum absolute atomic E-state index is 12.0. The second-order valence-corrected chi connectivity index (χ2v) is 5.79. The lowest BCUT2D eigenvalue weighted by Crippen LogP contribution is -2.19. The Hall–Kier alpha value is -1.40. The quantitative estimate of drug-likeness (QED) is 0.841. The summed E-state index contributed by atoms with van der Waals surface area (Å²) in [7, 11) is 0. The summed E-state index contributed by atoms with van der Waals surface area (Å²) in [6.07, 6.45) is -4.32. The standard InChI is InChI=1S/C13H11ClF3NOS/c14-12-6-5-11(20-12)7-18-9-1-3-10(4-2-9)19-8-13(15,16)17/h1-6,18H,7-8H2. The first-order valence-corrected chi connectivity index (χ1v) is 6.89. The van der Waals surface area contributed by atoms with E-state index in [0.717, 1.165) is 14.9 Å². The highest BCUT2D eigenvalue weighted by Crippen LogP contribution is 2.23. The molecule has 0 fully saturated rings. The molecular weight excluding hydrogens is 311 g/mol. The van der Waals surface area contributed by atoms with Crippen LogP contribution >= 0.6 is 22.9 Å². The van der Waals surface area contributed by atoms with Crippen LogP contribution in [0.25, 0.3) is 0 Å². The molecule has 7 heteroatoms. The van der Waals surface area contributed by atoms with Crippen molar-refractivity contribution in [1.82, 2.24) is 0 Å². The van der Waals surface area contributed by atoms with Crippen LogP contribution in [-0.2, 0) is 6.54 Å². The zero-order valence-corrected chi connectivity index (χ0v) is 11.8. The normalized spacial score (nSPS) is 11.4. The van der Waals surface area contributed by atoms with E-state index >= 15 is 0 Å². The SMILES string of the molecule is FC(F)(F)COc1ccc(NCc2ccc(Cl)s2)cc1. The molecule has 0 bridgehead atoms. The van der Waals surface area contributed by atoms with Crippen molar-refractivity contribution in [2.45, 2.75) is 12.7 Å². The number of ether oxygens (including phenoxy) is 1. The summed E-state index contributed by atoms with van der Waals surface area (Å²) in [5, 5.41) is 3.15. The second-order valence-electron chi connectivity index (χ2n) is 3.99. The highest BCUT2D eigenvalue weighted by atomic mass is 35.5. The smallest absolute Gasteiger partial charge is 0.422 e. The number of nitrogens with one attached hydrogen (secondary N) is 1. The van der Waals surface area contributed by atoms with Crippen LogP contribution in [0.2, 0.25) is 4.34 Å². The van der Waals surface area contributed by atoms with E-state index in [1.165, 1.54) is 23.5 Å². The summed E-state index contributed by atoms with van der Waals surface area (Å²) in [5.41, 5.74) is 0.800. The molecule has 1 N–H and O–H groups in total. The van der Waals surface area contributed by atoms with Crippen molar-refractivity contribution in [2.75, 3.05) is 11.9 Å². The largest absolute Gasteiger partial charge is 0.484 e. The molecule has 0 atom stereocenters. The molecule has 0 unspecified atom stereocenters. The summed E-state index contributed by atoms with van der Waals surface area (Å²) in [6.45, 7) is -0.673. The molecule has 2 rings (SSSR count). The van der Waals surface area contributed by atoms with Gasteiger partial charge in [0.1, 0.15) is 5.75 Å². The van der Waals surface area contributed by atoms with E-state index < -0.39 is 12.8 Å². The molecule has 2 nitrogen and oxygen atoms in total. The van der Waals surface area contributed by atoms with Gasteiger partial charge in [-0.25, -0.2) is 0 Å². The zero-order valence-electron chi connectivity index (χ0n) is 10.2. The van der Waals surface area contributed by atoms with Gasteiger partial charge in [-0.05, 0) is 36.4 Å². The van der Waals surface area contributed by atoms with Crippen molar-refractivity contribution in [3.8, 4) is 5.75 Å². The van der Waals surface area contributed by atoms with Crippen LogP contribution in [-0.4, -0.2) is 12.8 Å². The summed E-state index contributed by atoms with van der Waals surface area (Å²) in [5.74, 6) is 0.187. The number of hydrogen-bond acceptors (Lipinski definition) is 3. The highest BCUT2D eigenvalue weighted by Gasteiger charge is 2.28. The summed E-state index contributed by atoms with van der Waals surface area (Å²) in [6, 6.07) is 10.1. The van der Waals surface area contributed by atoms with Gasteiger partial charge in [-0.15, -0.1) is 11.3 Å². The van der Waals surface area contributed by atoms with Gasteiger partial charge in [0.25, 0.3) is 0 Å². The van der Waals surface area contributed by atoms with E-state index in [1.807, 2.05) is 12.1 Å². The molecule has 0 amide bonds. The number of rotatable bonds is 5. The zero-order chi connectivity index (χ0) is 14.6.